The van der Waals surface area contributed by atoms with Crippen molar-refractivity contribution < 1.29 is 58.1 Å². The van der Waals surface area contributed by atoms with E-state index < -0.39 is 6.10 Å². The van der Waals surface area contributed by atoms with Crippen molar-refractivity contribution in [2.75, 3.05) is 42.7 Å². The van der Waals surface area contributed by atoms with E-state index in [4.69, 9.17) is 28.4 Å². The molecular formula is C44H48O12. The summed E-state index contributed by atoms with van der Waals surface area (Å²) in [5.74, 6) is 3.15. The molecule has 0 spiro atoms. The second kappa shape index (κ2) is 24.5. The van der Waals surface area contributed by atoms with Crippen molar-refractivity contribution in [3.8, 4) is 46.0 Å². The first-order chi connectivity index (χ1) is 26.9. The van der Waals surface area contributed by atoms with Crippen molar-refractivity contribution >= 4 is 42.2 Å². The summed E-state index contributed by atoms with van der Waals surface area (Å²) < 4.78 is 30.5. The normalized spacial score (nSPS) is 11.3. The van der Waals surface area contributed by atoms with E-state index in [0.717, 1.165) is 28.5 Å². The SMILES string of the molecule is COc1cc(/C=C/C(C)=O)ccc1O.COc1cc(/C=C/C(O)CC(=O)/C=C/c2ccc(OC)c(OC)c2)ccc1O.COc1ccc(/C=C/C=O)cc1OC. The number of aliphatic hydroxyl groups excluding tert-OH is 1. The molecule has 0 aromatic heterocycles. The summed E-state index contributed by atoms with van der Waals surface area (Å²) in [7, 11) is 9.20. The molecule has 0 radical (unpaired) electrons. The molecule has 0 bridgehead atoms. The van der Waals surface area contributed by atoms with Crippen molar-refractivity contribution in [2.24, 2.45) is 0 Å². The number of aldehydes is 1. The van der Waals surface area contributed by atoms with E-state index in [1.54, 1.807) is 107 Å². The summed E-state index contributed by atoms with van der Waals surface area (Å²) in [5, 5.41) is 28.9. The molecule has 0 aliphatic rings. The first kappa shape index (κ1) is 45.4. The van der Waals surface area contributed by atoms with Gasteiger partial charge >= 0.3 is 0 Å². The van der Waals surface area contributed by atoms with Gasteiger partial charge in [0.2, 0.25) is 0 Å². The van der Waals surface area contributed by atoms with Crippen LogP contribution in [0.4, 0.5) is 0 Å². The highest BCUT2D eigenvalue weighted by Crippen LogP contribution is 2.30. The molecule has 0 aliphatic carbocycles. The van der Waals surface area contributed by atoms with Crippen LogP contribution < -0.4 is 28.4 Å². The summed E-state index contributed by atoms with van der Waals surface area (Å²) in [5.41, 5.74) is 3.24. The van der Waals surface area contributed by atoms with Gasteiger partial charge in [0.25, 0.3) is 0 Å². The average Bonchev–Trinajstić information content (AvgIpc) is 3.21. The van der Waals surface area contributed by atoms with Crippen LogP contribution in [0.25, 0.3) is 24.3 Å². The molecule has 0 aliphatic heterocycles. The van der Waals surface area contributed by atoms with Gasteiger partial charge in [-0.2, -0.15) is 0 Å². The topological polar surface area (TPSA) is 167 Å². The summed E-state index contributed by atoms with van der Waals surface area (Å²) >= 11 is 0. The molecule has 12 heteroatoms. The molecule has 4 rings (SSSR count). The number of aliphatic hydroxyl groups is 1. The number of aromatic hydroxyl groups is 2. The predicted octanol–water partition coefficient (Wildman–Crippen LogP) is 7.38. The van der Waals surface area contributed by atoms with Crippen LogP contribution in [0.1, 0.15) is 35.6 Å². The third-order valence-corrected chi connectivity index (χ3v) is 7.48. The van der Waals surface area contributed by atoms with Crippen molar-refractivity contribution in [3.05, 3.63) is 119 Å². The molecular weight excluding hydrogens is 720 g/mol. The lowest BCUT2D eigenvalue weighted by Crippen LogP contribution is -2.08. The number of hydrogen-bond acceptors (Lipinski definition) is 12. The maximum absolute atomic E-state index is 12.1. The molecule has 0 heterocycles. The highest BCUT2D eigenvalue weighted by Gasteiger charge is 2.08. The Morgan fingerprint density at radius 3 is 1.38 bits per heavy atom. The van der Waals surface area contributed by atoms with E-state index in [1.165, 1.54) is 57.6 Å². The number of phenolic OH excluding ortho intramolecular Hbond substituents is 2. The van der Waals surface area contributed by atoms with Crippen LogP contribution in [0.3, 0.4) is 0 Å². The van der Waals surface area contributed by atoms with Gasteiger partial charge in [0.1, 0.15) is 6.29 Å². The molecule has 1 atom stereocenters. The number of allylic oxidation sites excluding steroid dienone is 3. The first-order valence-electron chi connectivity index (χ1n) is 17.0. The number of methoxy groups -OCH3 is 6. The fourth-order valence-corrected chi connectivity index (χ4v) is 4.63. The Balaban J connectivity index is 0.000000323. The van der Waals surface area contributed by atoms with Crippen LogP contribution in [-0.4, -0.2) is 81.9 Å². The van der Waals surface area contributed by atoms with Gasteiger partial charge in [0.05, 0.1) is 48.8 Å². The number of hydrogen-bond donors (Lipinski definition) is 3. The van der Waals surface area contributed by atoms with E-state index >= 15 is 0 Å². The number of benzene rings is 4. The Bertz CT molecular complexity index is 2010. The minimum absolute atomic E-state index is 0.0166. The third-order valence-electron chi connectivity index (χ3n) is 7.48. The van der Waals surface area contributed by atoms with Crippen molar-refractivity contribution in [1.82, 2.24) is 0 Å². The molecule has 4 aromatic rings. The van der Waals surface area contributed by atoms with Crippen molar-refractivity contribution in [2.45, 2.75) is 19.4 Å². The number of ketones is 2. The second-order valence-electron chi connectivity index (χ2n) is 11.5. The van der Waals surface area contributed by atoms with Crippen LogP contribution in [0.15, 0.2) is 97.1 Å². The number of rotatable bonds is 16. The minimum Gasteiger partial charge on any atom is -0.504 e. The standard InChI is InChI=1S/C22H24O6.2C11H12O3/c1-26-20-11-7-16(13-22(20)28-3)5-9-18(24)14-17(23)8-4-15-6-10-19(25)21(12-15)27-2;1-8(12)3-4-9-5-6-10(13)11(7-9)14-2;1-13-10-6-5-9(4-3-7-12)8-11(10)14-2/h4-13,17,23,25H,14H2,1-3H3;3-7,13H,1-2H3;3-8H,1-2H3/b8-4+,9-5+;2*4-3+. The largest absolute Gasteiger partial charge is 0.504 e. The van der Waals surface area contributed by atoms with Crippen molar-refractivity contribution in [3.63, 3.8) is 0 Å². The number of carbonyl (C=O) groups excluding carboxylic acids is 3. The molecule has 0 amide bonds. The zero-order valence-corrected chi connectivity index (χ0v) is 32.4. The quantitative estimate of drug-likeness (QED) is 0.0766. The van der Waals surface area contributed by atoms with Gasteiger partial charge in [-0.25, -0.2) is 0 Å². The van der Waals surface area contributed by atoms with E-state index in [0.29, 0.717) is 34.5 Å². The fourth-order valence-electron chi connectivity index (χ4n) is 4.63. The molecule has 3 N–H and O–H groups in total. The van der Waals surface area contributed by atoms with E-state index in [1.807, 2.05) is 6.07 Å². The molecule has 0 saturated carbocycles. The lowest BCUT2D eigenvalue weighted by atomic mass is 10.1. The highest BCUT2D eigenvalue weighted by molar-refractivity contribution is 5.94. The second-order valence-corrected chi connectivity index (χ2v) is 11.5. The predicted molar refractivity (Wildman–Crippen MR) is 217 cm³/mol. The van der Waals surface area contributed by atoms with Crippen LogP contribution in [-0.2, 0) is 14.4 Å². The molecule has 12 nitrogen and oxygen atoms in total. The van der Waals surface area contributed by atoms with Crippen LogP contribution in [0.2, 0.25) is 0 Å². The van der Waals surface area contributed by atoms with Crippen LogP contribution in [0, 0.1) is 0 Å². The first-order valence-corrected chi connectivity index (χ1v) is 17.0. The van der Waals surface area contributed by atoms with Crippen LogP contribution in [0.5, 0.6) is 46.0 Å². The molecule has 1 unspecified atom stereocenters. The summed E-state index contributed by atoms with van der Waals surface area (Å²) in [6.45, 7) is 1.48. The van der Waals surface area contributed by atoms with Gasteiger partial charge in [0, 0.05) is 6.42 Å². The zero-order chi connectivity index (χ0) is 41.5. The minimum atomic E-state index is -0.928. The molecule has 4 aromatic carbocycles. The van der Waals surface area contributed by atoms with E-state index in [2.05, 4.69) is 0 Å². The smallest absolute Gasteiger partial charge is 0.161 e. The van der Waals surface area contributed by atoms with Gasteiger partial charge in [-0.3, -0.25) is 14.4 Å². The molecule has 0 fully saturated rings. The Morgan fingerprint density at radius 1 is 0.554 bits per heavy atom. The number of ether oxygens (including phenoxy) is 6. The Kier molecular flexibility index (Phi) is 19.9. The van der Waals surface area contributed by atoms with Gasteiger partial charge in [0.15, 0.2) is 57.6 Å². The monoisotopic (exact) mass is 768 g/mol. The molecule has 56 heavy (non-hydrogen) atoms. The molecule has 0 saturated heterocycles. The van der Waals surface area contributed by atoms with Crippen LogP contribution >= 0.6 is 0 Å². The average molecular weight is 769 g/mol. The van der Waals surface area contributed by atoms with Gasteiger partial charge in [-0.05, 0) is 95.9 Å². The summed E-state index contributed by atoms with van der Waals surface area (Å²) in [6, 6.07) is 20.5. The van der Waals surface area contributed by atoms with E-state index in [9.17, 15) is 29.7 Å². The Labute approximate surface area is 327 Å². The van der Waals surface area contributed by atoms with Gasteiger partial charge in [-0.1, -0.05) is 54.6 Å². The number of phenols is 2. The Hall–Kier alpha value is -6.79. The number of carbonyl (C=O) groups is 3. The van der Waals surface area contributed by atoms with Gasteiger partial charge < -0.3 is 43.7 Å². The van der Waals surface area contributed by atoms with Crippen molar-refractivity contribution in [1.29, 1.82) is 0 Å². The zero-order valence-electron chi connectivity index (χ0n) is 32.4. The fraction of sp³-hybridized carbons (Fsp3) is 0.205. The van der Waals surface area contributed by atoms with E-state index in [-0.39, 0.29) is 29.5 Å². The lowest BCUT2D eigenvalue weighted by Gasteiger charge is -2.07. The van der Waals surface area contributed by atoms with Gasteiger partial charge in [-0.15, -0.1) is 0 Å². The lowest BCUT2D eigenvalue weighted by molar-refractivity contribution is -0.116. The Morgan fingerprint density at radius 2 is 0.946 bits per heavy atom. The maximum atomic E-state index is 12.1. The summed E-state index contributed by atoms with van der Waals surface area (Å²) in [4.78, 5) is 32.9. The summed E-state index contributed by atoms with van der Waals surface area (Å²) in [6.07, 6.45) is 12.3. The third kappa shape index (κ3) is 15.7. The molecule has 296 valence electrons. The highest BCUT2D eigenvalue weighted by atomic mass is 16.5. The maximum Gasteiger partial charge on any atom is 0.161 e.